The molecule has 0 fully saturated rings. The molecule has 0 atom stereocenters. The number of hydrogen-bond donors (Lipinski definition) is 2. The third-order valence-corrected chi connectivity index (χ3v) is 3.01. The molecule has 0 bridgehead atoms. The number of rotatable bonds is 7. The van der Waals surface area contributed by atoms with Crippen molar-refractivity contribution in [2.45, 2.75) is 66.4 Å². The average Bonchev–Trinajstić information content (AvgIpc) is 2.56. The third-order valence-electron chi connectivity index (χ3n) is 3.01. The molecule has 8 heteroatoms. The number of hydrogen-bond acceptors (Lipinski definition) is 5. The van der Waals surface area contributed by atoms with Crippen LogP contribution in [0.5, 0.6) is 0 Å². The first-order valence-corrected chi connectivity index (χ1v) is 9.41. The van der Waals surface area contributed by atoms with Crippen LogP contribution in [0.25, 0.3) is 0 Å². The molecule has 2 amide bonds. The molecule has 2 N–H and O–H groups in total. The van der Waals surface area contributed by atoms with Gasteiger partial charge in [-0.15, -0.1) is 0 Å². The molecule has 0 aromatic carbocycles. The van der Waals surface area contributed by atoms with E-state index in [2.05, 4.69) is 24.1 Å². The highest BCUT2D eigenvalue weighted by Crippen LogP contribution is 2.18. The molecular formula is C20H33N3O5. The molecule has 158 valence electrons. The number of nitrogens with zero attached hydrogens (tertiary/aromatic N) is 2. The first-order valence-electron chi connectivity index (χ1n) is 9.41. The fourth-order valence-electron chi connectivity index (χ4n) is 1.94. The fraction of sp³-hybridized carbons (Fsp3) is 0.600. The molecule has 28 heavy (non-hydrogen) atoms. The van der Waals surface area contributed by atoms with Crippen LogP contribution in [0.4, 0.5) is 10.6 Å². The van der Waals surface area contributed by atoms with Gasteiger partial charge in [-0.25, -0.2) is 9.78 Å². The first kappa shape index (κ1) is 25.4. The van der Waals surface area contributed by atoms with Gasteiger partial charge in [0.1, 0.15) is 18.0 Å². The molecule has 0 aliphatic rings. The topological polar surface area (TPSA) is 109 Å². The molecule has 0 spiro atoms. The third kappa shape index (κ3) is 11.9. The quantitative estimate of drug-likeness (QED) is 0.731. The Morgan fingerprint density at radius 2 is 1.86 bits per heavy atom. The smallest absolute Gasteiger partial charge is 0.416 e. The number of aryl methyl sites for hydroxylation is 1. The van der Waals surface area contributed by atoms with Crippen LogP contribution in [0.2, 0.25) is 0 Å². The van der Waals surface area contributed by atoms with Gasteiger partial charge in [0.15, 0.2) is 0 Å². The van der Waals surface area contributed by atoms with Crippen LogP contribution in [0, 0.1) is 6.92 Å². The SMILES string of the molecule is CCC.Cc1ccnc(N(CCCC(=O)NCC(=O)O)C(=O)OC(C)(C)C)c1. The highest BCUT2D eigenvalue weighted by molar-refractivity contribution is 5.87. The second-order valence-corrected chi connectivity index (χ2v) is 7.30. The largest absolute Gasteiger partial charge is 0.480 e. The summed E-state index contributed by atoms with van der Waals surface area (Å²) in [5.41, 5.74) is 0.288. The van der Waals surface area contributed by atoms with E-state index in [1.165, 1.54) is 11.3 Å². The number of carbonyl (C=O) groups excluding carboxylic acids is 2. The monoisotopic (exact) mass is 395 g/mol. The van der Waals surface area contributed by atoms with Crippen molar-refractivity contribution < 1.29 is 24.2 Å². The van der Waals surface area contributed by atoms with E-state index in [1.54, 1.807) is 33.0 Å². The summed E-state index contributed by atoms with van der Waals surface area (Å²) < 4.78 is 5.40. The van der Waals surface area contributed by atoms with Gasteiger partial charge < -0.3 is 15.2 Å². The van der Waals surface area contributed by atoms with Crippen molar-refractivity contribution in [1.82, 2.24) is 10.3 Å². The number of ether oxygens (including phenoxy) is 1. The number of anilines is 1. The first-order chi connectivity index (χ1) is 13.0. The van der Waals surface area contributed by atoms with Crippen LogP contribution in [0.1, 0.15) is 59.4 Å². The molecule has 1 aromatic rings. The van der Waals surface area contributed by atoms with Gasteiger partial charge in [0.25, 0.3) is 0 Å². The number of carboxylic acids is 1. The van der Waals surface area contributed by atoms with Gasteiger partial charge in [0, 0.05) is 19.2 Å². The molecule has 0 saturated carbocycles. The van der Waals surface area contributed by atoms with Crippen LogP contribution in [-0.2, 0) is 14.3 Å². The standard InChI is InChI=1S/C17H25N3O5.C3H8/c1-12-7-8-18-13(10-12)20(16(24)25-17(2,3)4)9-5-6-14(21)19-11-15(22)23;1-3-2/h7-8,10H,5-6,9,11H2,1-4H3,(H,19,21)(H,22,23);3H2,1-2H3. The maximum Gasteiger partial charge on any atom is 0.416 e. The predicted octanol–water partition coefficient (Wildman–Crippen LogP) is 3.53. The van der Waals surface area contributed by atoms with Crippen molar-refractivity contribution >= 4 is 23.8 Å². The molecule has 1 heterocycles. The molecular weight excluding hydrogens is 362 g/mol. The molecule has 0 radical (unpaired) electrons. The number of nitrogens with one attached hydrogen (secondary N) is 1. The lowest BCUT2D eigenvalue weighted by molar-refractivity contribution is -0.137. The normalized spacial score (nSPS) is 10.4. The maximum absolute atomic E-state index is 12.4. The molecule has 1 aromatic heterocycles. The van der Waals surface area contributed by atoms with Crippen molar-refractivity contribution in [2.75, 3.05) is 18.0 Å². The Labute approximate surface area is 167 Å². The summed E-state index contributed by atoms with van der Waals surface area (Å²) in [7, 11) is 0. The summed E-state index contributed by atoms with van der Waals surface area (Å²) >= 11 is 0. The van der Waals surface area contributed by atoms with E-state index in [1.807, 2.05) is 13.0 Å². The van der Waals surface area contributed by atoms with E-state index in [-0.39, 0.29) is 18.9 Å². The summed E-state index contributed by atoms with van der Waals surface area (Å²) in [4.78, 5) is 40.0. The summed E-state index contributed by atoms with van der Waals surface area (Å²) in [5, 5.41) is 10.8. The van der Waals surface area contributed by atoms with Crippen LogP contribution < -0.4 is 10.2 Å². The van der Waals surface area contributed by atoms with Gasteiger partial charge >= 0.3 is 12.1 Å². The number of carboxylic acid groups (broad SMARTS) is 1. The predicted molar refractivity (Wildman–Crippen MR) is 108 cm³/mol. The fourth-order valence-corrected chi connectivity index (χ4v) is 1.94. The van der Waals surface area contributed by atoms with E-state index < -0.39 is 24.2 Å². The minimum Gasteiger partial charge on any atom is -0.480 e. The maximum atomic E-state index is 12.4. The Bertz CT molecular complexity index is 641. The average molecular weight is 396 g/mol. The number of aliphatic carboxylic acids is 1. The minimum absolute atomic E-state index is 0.0956. The van der Waals surface area contributed by atoms with Gasteiger partial charge in [-0.2, -0.15) is 0 Å². The lowest BCUT2D eigenvalue weighted by Crippen LogP contribution is -2.38. The van der Waals surface area contributed by atoms with Gasteiger partial charge in [-0.05, 0) is 51.8 Å². The van der Waals surface area contributed by atoms with Gasteiger partial charge in [0.05, 0.1) is 0 Å². The minimum atomic E-state index is -1.10. The summed E-state index contributed by atoms with van der Waals surface area (Å²) in [6.07, 6.45) is 2.75. The summed E-state index contributed by atoms with van der Waals surface area (Å²) in [6, 6.07) is 3.57. The van der Waals surface area contributed by atoms with Crippen LogP contribution in [0.15, 0.2) is 18.3 Å². The molecule has 1 rings (SSSR count). The number of aromatic nitrogens is 1. The van der Waals surface area contributed by atoms with Crippen LogP contribution in [0.3, 0.4) is 0 Å². The Morgan fingerprint density at radius 3 is 2.36 bits per heavy atom. The van der Waals surface area contributed by atoms with Gasteiger partial charge in [-0.1, -0.05) is 20.3 Å². The highest BCUT2D eigenvalue weighted by atomic mass is 16.6. The number of carbonyl (C=O) groups is 3. The van der Waals surface area contributed by atoms with E-state index in [4.69, 9.17) is 9.84 Å². The van der Waals surface area contributed by atoms with Crippen LogP contribution in [-0.4, -0.2) is 46.8 Å². The lowest BCUT2D eigenvalue weighted by atomic mass is 10.2. The van der Waals surface area contributed by atoms with Crippen molar-refractivity contribution in [2.24, 2.45) is 0 Å². The molecule has 0 aliphatic carbocycles. The Hall–Kier alpha value is -2.64. The Kier molecular flexibility index (Phi) is 11.5. The molecule has 0 unspecified atom stereocenters. The van der Waals surface area contributed by atoms with E-state index in [0.717, 1.165) is 5.56 Å². The van der Waals surface area contributed by atoms with Crippen LogP contribution >= 0.6 is 0 Å². The lowest BCUT2D eigenvalue weighted by Gasteiger charge is -2.27. The summed E-state index contributed by atoms with van der Waals surface area (Å²) in [5.74, 6) is -1.04. The molecule has 0 aliphatic heterocycles. The zero-order valence-corrected chi connectivity index (χ0v) is 17.7. The summed E-state index contributed by atoms with van der Waals surface area (Å²) in [6.45, 7) is 11.3. The second kappa shape index (κ2) is 12.7. The zero-order valence-electron chi connectivity index (χ0n) is 17.7. The van der Waals surface area contributed by atoms with Crippen molar-refractivity contribution in [3.05, 3.63) is 23.9 Å². The second-order valence-electron chi connectivity index (χ2n) is 7.30. The highest BCUT2D eigenvalue weighted by Gasteiger charge is 2.24. The van der Waals surface area contributed by atoms with E-state index in [0.29, 0.717) is 12.2 Å². The van der Waals surface area contributed by atoms with Gasteiger partial charge in [0.2, 0.25) is 5.91 Å². The molecule has 0 saturated heterocycles. The number of amides is 2. The van der Waals surface area contributed by atoms with Crippen molar-refractivity contribution in [3.63, 3.8) is 0 Å². The Morgan fingerprint density at radius 1 is 1.25 bits per heavy atom. The van der Waals surface area contributed by atoms with Gasteiger partial charge in [-0.3, -0.25) is 14.5 Å². The van der Waals surface area contributed by atoms with Crippen molar-refractivity contribution in [1.29, 1.82) is 0 Å². The Balaban J connectivity index is 0.00000227. The van der Waals surface area contributed by atoms with Crippen molar-refractivity contribution in [3.8, 4) is 0 Å². The van der Waals surface area contributed by atoms with E-state index >= 15 is 0 Å². The number of pyridine rings is 1. The molecule has 8 nitrogen and oxygen atoms in total. The zero-order chi connectivity index (χ0) is 21.7. The van der Waals surface area contributed by atoms with E-state index in [9.17, 15) is 14.4 Å².